The molecule has 0 aliphatic carbocycles. The van der Waals surface area contributed by atoms with Crippen LogP contribution in [0, 0.1) is 0 Å². The van der Waals surface area contributed by atoms with E-state index < -0.39 is 0 Å². The maximum Gasteiger partial charge on any atom is 0.235 e. The Morgan fingerprint density at radius 3 is 3.00 bits per heavy atom. The van der Waals surface area contributed by atoms with E-state index in [-0.39, 0.29) is 17.9 Å². The van der Waals surface area contributed by atoms with Gasteiger partial charge in [0.15, 0.2) is 0 Å². The highest BCUT2D eigenvalue weighted by atomic mass is 16.2. The van der Waals surface area contributed by atoms with Gasteiger partial charge in [0.2, 0.25) is 11.8 Å². The molecule has 1 fully saturated rings. The van der Waals surface area contributed by atoms with Crippen molar-refractivity contribution in [3.05, 3.63) is 0 Å². The molecule has 1 aliphatic heterocycles. The first kappa shape index (κ1) is 8.00. The fourth-order valence-electron chi connectivity index (χ4n) is 0.899. The normalized spacial score (nSPS) is 23.0. The molecule has 1 saturated heterocycles. The monoisotopic (exact) mass is 157 g/mol. The van der Waals surface area contributed by atoms with Crippen molar-refractivity contribution in [2.24, 2.45) is 0 Å². The van der Waals surface area contributed by atoms with Crippen LogP contribution in [0.3, 0.4) is 0 Å². The Labute approximate surface area is 64.5 Å². The van der Waals surface area contributed by atoms with Crippen molar-refractivity contribution in [3.8, 4) is 0 Å². The van der Waals surface area contributed by atoms with Gasteiger partial charge in [0.1, 0.15) is 0 Å². The van der Waals surface area contributed by atoms with Gasteiger partial charge in [-0.25, -0.2) is 5.43 Å². The number of rotatable bonds is 2. The standard InChI is InChI=1S/C6H11N3O2/c1-4(10)7-3-5-2-6(11)9-8-5/h5,8H,2-3H2,1H3,(H,7,10)(H,9,11). The van der Waals surface area contributed by atoms with E-state index in [1.54, 1.807) is 0 Å². The predicted molar refractivity (Wildman–Crippen MR) is 38.4 cm³/mol. The lowest BCUT2D eigenvalue weighted by atomic mass is 10.2. The van der Waals surface area contributed by atoms with E-state index in [0.29, 0.717) is 13.0 Å². The van der Waals surface area contributed by atoms with Crippen LogP contribution in [-0.2, 0) is 9.59 Å². The van der Waals surface area contributed by atoms with Gasteiger partial charge in [-0.2, -0.15) is 0 Å². The Kier molecular flexibility index (Phi) is 2.43. The molecule has 1 heterocycles. The summed E-state index contributed by atoms with van der Waals surface area (Å²) in [6.07, 6.45) is 0.431. The number of hydrogen-bond acceptors (Lipinski definition) is 3. The molecule has 1 rings (SSSR count). The van der Waals surface area contributed by atoms with Crippen LogP contribution < -0.4 is 16.2 Å². The van der Waals surface area contributed by atoms with Crippen LogP contribution in [0.1, 0.15) is 13.3 Å². The summed E-state index contributed by atoms with van der Waals surface area (Å²) in [6.45, 7) is 1.94. The van der Waals surface area contributed by atoms with Crippen LogP contribution in [0.25, 0.3) is 0 Å². The quantitative estimate of drug-likeness (QED) is 0.457. The minimum absolute atomic E-state index is 0.0275. The molecule has 0 radical (unpaired) electrons. The van der Waals surface area contributed by atoms with Crippen molar-refractivity contribution in [1.82, 2.24) is 16.2 Å². The molecule has 11 heavy (non-hydrogen) atoms. The second-order valence-corrected chi connectivity index (χ2v) is 2.53. The Morgan fingerprint density at radius 2 is 2.55 bits per heavy atom. The molecule has 0 aromatic rings. The highest BCUT2D eigenvalue weighted by molar-refractivity contribution is 5.78. The van der Waals surface area contributed by atoms with Gasteiger partial charge in [0.25, 0.3) is 0 Å². The van der Waals surface area contributed by atoms with Gasteiger partial charge in [0, 0.05) is 19.9 Å². The number of nitrogens with one attached hydrogen (secondary N) is 3. The number of amides is 2. The van der Waals surface area contributed by atoms with Crippen LogP contribution in [-0.4, -0.2) is 24.4 Å². The van der Waals surface area contributed by atoms with Gasteiger partial charge in [-0.05, 0) is 0 Å². The predicted octanol–water partition coefficient (Wildman–Crippen LogP) is -1.48. The average molecular weight is 157 g/mol. The molecule has 1 aliphatic rings. The molecule has 0 aromatic carbocycles. The van der Waals surface area contributed by atoms with Crippen molar-refractivity contribution < 1.29 is 9.59 Å². The molecule has 0 bridgehead atoms. The summed E-state index contributed by atoms with van der Waals surface area (Å²) in [5.74, 6) is -0.105. The Morgan fingerprint density at radius 1 is 1.82 bits per heavy atom. The number of carbonyl (C=O) groups is 2. The Hall–Kier alpha value is -1.10. The van der Waals surface area contributed by atoms with E-state index in [4.69, 9.17) is 0 Å². The summed E-state index contributed by atoms with van der Waals surface area (Å²) in [5, 5.41) is 2.61. The van der Waals surface area contributed by atoms with E-state index in [1.165, 1.54) is 6.92 Å². The average Bonchev–Trinajstić information content (AvgIpc) is 2.31. The van der Waals surface area contributed by atoms with Gasteiger partial charge >= 0.3 is 0 Å². The summed E-state index contributed by atoms with van der Waals surface area (Å²) in [5.41, 5.74) is 5.20. The van der Waals surface area contributed by atoms with E-state index in [1.807, 2.05) is 0 Å². The van der Waals surface area contributed by atoms with E-state index >= 15 is 0 Å². The molecule has 62 valence electrons. The highest BCUT2D eigenvalue weighted by Crippen LogP contribution is 1.94. The third-order valence-corrected chi connectivity index (χ3v) is 1.44. The molecule has 2 amide bonds. The lowest BCUT2D eigenvalue weighted by molar-refractivity contribution is -0.120. The Balaban J connectivity index is 2.18. The largest absolute Gasteiger partial charge is 0.355 e. The lowest BCUT2D eigenvalue weighted by Crippen LogP contribution is -2.39. The van der Waals surface area contributed by atoms with Crippen molar-refractivity contribution in [1.29, 1.82) is 0 Å². The zero-order valence-corrected chi connectivity index (χ0v) is 6.31. The molecule has 5 nitrogen and oxygen atoms in total. The first-order valence-corrected chi connectivity index (χ1v) is 3.47. The van der Waals surface area contributed by atoms with Crippen molar-refractivity contribution in [2.75, 3.05) is 6.54 Å². The number of hydrogen-bond donors (Lipinski definition) is 3. The second kappa shape index (κ2) is 3.34. The maximum atomic E-state index is 10.6. The topological polar surface area (TPSA) is 70.2 Å². The minimum atomic E-state index is -0.0776. The van der Waals surface area contributed by atoms with Gasteiger partial charge < -0.3 is 5.32 Å². The lowest BCUT2D eigenvalue weighted by Gasteiger charge is -2.07. The summed E-state index contributed by atoms with van der Waals surface area (Å²) in [7, 11) is 0. The smallest absolute Gasteiger partial charge is 0.235 e. The van der Waals surface area contributed by atoms with Crippen LogP contribution >= 0.6 is 0 Å². The molecule has 1 atom stereocenters. The van der Waals surface area contributed by atoms with E-state index in [0.717, 1.165) is 0 Å². The minimum Gasteiger partial charge on any atom is -0.355 e. The zero-order valence-electron chi connectivity index (χ0n) is 6.31. The highest BCUT2D eigenvalue weighted by Gasteiger charge is 2.20. The molecule has 0 aromatic heterocycles. The first-order valence-electron chi connectivity index (χ1n) is 3.47. The van der Waals surface area contributed by atoms with Gasteiger partial charge in [-0.15, -0.1) is 0 Å². The van der Waals surface area contributed by atoms with Crippen molar-refractivity contribution >= 4 is 11.8 Å². The SMILES string of the molecule is CC(=O)NCC1CC(=O)NN1. The van der Waals surface area contributed by atoms with Gasteiger partial charge in [-0.3, -0.25) is 15.0 Å². The molecule has 0 saturated carbocycles. The molecule has 3 N–H and O–H groups in total. The van der Waals surface area contributed by atoms with Crippen molar-refractivity contribution in [3.63, 3.8) is 0 Å². The summed E-state index contributed by atoms with van der Waals surface area (Å²) >= 11 is 0. The molecule has 5 heteroatoms. The Bertz CT molecular complexity index is 181. The number of hydrazine groups is 1. The van der Waals surface area contributed by atoms with Crippen LogP contribution in [0.4, 0.5) is 0 Å². The second-order valence-electron chi connectivity index (χ2n) is 2.53. The third-order valence-electron chi connectivity index (χ3n) is 1.44. The molecule has 0 spiro atoms. The van der Waals surface area contributed by atoms with Crippen LogP contribution in [0.15, 0.2) is 0 Å². The fourth-order valence-corrected chi connectivity index (χ4v) is 0.899. The van der Waals surface area contributed by atoms with Gasteiger partial charge in [-0.1, -0.05) is 0 Å². The first-order chi connectivity index (χ1) is 5.18. The third kappa shape index (κ3) is 2.55. The zero-order chi connectivity index (χ0) is 8.27. The summed E-state index contributed by atoms with van der Waals surface area (Å²) in [6, 6.07) is 0.0337. The number of carbonyl (C=O) groups excluding carboxylic acids is 2. The van der Waals surface area contributed by atoms with Crippen molar-refractivity contribution in [2.45, 2.75) is 19.4 Å². The van der Waals surface area contributed by atoms with Crippen LogP contribution in [0.2, 0.25) is 0 Å². The fraction of sp³-hybridized carbons (Fsp3) is 0.667. The molecular weight excluding hydrogens is 146 g/mol. The maximum absolute atomic E-state index is 10.6. The van der Waals surface area contributed by atoms with Crippen LogP contribution in [0.5, 0.6) is 0 Å². The molecule has 1 unspecified atom stereocenters. The summed E-state index contributed by atoms with van der Waals surface area (Å²) < 4.78 is 0. The van der Waals surface area contributed by atoms with E-state index in [2.05, 4.69) is 16.2 Å². The van der Waals surface area contributed by atoms with Gasteiger partial charge in [0.05, 0.1) is 6.04 Å². The summed E-state index contributed by atoms with van der Waals surface area (Å²) in [4.78, 5) is 21.0. The molecular formula is C6H11N3O2. The van der Waals surface area contributed by atoms with E-state index in [9.17, 15) is 9.59 Å².